The molecule has 0 saturated heterocycles. The van der Waals surface area contributed by atoms with Crippen LogP contribution < -0.4 is 4.90 Å². The molecule has 0 radical (unpaired) electrons. The first-order valence-corrected chi connectivity index (χ1v) is 19.2. The summed E-state index contributed by atoms with van der Waals surface area (Å²) in [5.41, 5.74) is 11.9. The highest BCUT2D eigenvalue weighted by molar-refractivity contribution is 6.32. The number of fused-ring (bicyclic) bond motifs is 9. The molecular formula is C54H35NO. The quantitative estimate of drug-likeness (QED) is 0.160. The molecule has 0 aliphatic rings. The molecule has 0 spiro atoms. The van der Waals surface area contributed by atoms with Crippen molar-refractivity contribution in [2.24, 2.45) is 0 Å². The Morgan fingerprint density at radius 3 is 1.41 bits per heavy atom. The number of anilines is 3. The molecule has 11 rings (SSSR count). The summed E-state index contributed by atoms with van der Waals surface area (Å²) in [5, 5.41) is 9.34. The van der Waals surface area contributed by atoms with Crippen molar-refractivity contribution in [2.45, 2.75) is 0 Å². The van der Waals surface area contributed by atoms with Crippen LogP contribution >= 0.6 is 0 Å². The number of rotatable bonds is 6. The van der Waals surface area contributed by atoms with E-state index in [-0.39, 0.29) is 0 Å². The van der Waals surface area contributed by atoms with Gasteiger partial charge in [0, 0.05) is 22.1 Å². The zero-order valence-electron chi connectivity index (χ0n) is 30.6. The molecule has 0 saturated carbocycles. The van der Waals surface area contributed by atoms with E-state index in [4.69, 9.17) is 4.42 Å². The molecule has 56 heavy (non-hydrogen) atoms. The van der Waals surface area contributed by atoms with E-state index in [2.05, 4.69) is 217 Å². The Balaban J connectivity index is 1.23. The largest absolute Gasteiger partial charge is 0.455 e. The molecule has 0 atom stereocenters. The number of hydrogen-bond acceptors (Lipinski definition) is 2. The van der Waals surface area contributed by atoms with Gasteiger partial charge in [0.2, 0.25) is 0 Å². The fourth-order valence-electron chi connectivity index (χ4n) is 8.51. The van der Waals surface area contributed by atoms with Crippen molar-refractivity contribution in [3.63, 3.8) is 0 Å². The van der Waals surface area contributed by atoms with Crippen molar-refractivity contribution < 1.29 is 4.42 Å². The van der Waals surface area contributed by atoms with Crippen LogP contribution in [0.3, 0.4) is 0 Å². The van der Waals surface area contributed by atoms with Gasteiger partial charge in [-0.25, -0.2) is 0 Å². The molecule has 0 N–H and O–H groups in total. The molecule has 0 amide bonds. The zero-order valence-corrected chi connectivity index (χ0v) is 30.6. The predicted molar refractivity (Wildman–Crippen MR) is 237 cm³/mol. The molecule has 1 heterocycles. The maximum Gasteiger partial charge on any atom is 0.143 e. The number of furan rings is 1. The standard InChI is InChI=1S/C54H35NO/c1-3-13-36(14-4-1)39-25-29-44(30-26-39)55(45-31-27-40(28-32-45)37-15-5-2-6-16-37)50-34-43(42-24-23-38-17-7-8-18-41(38)33-42)35-51-53(50)52-48-21-11-9-19-46(48)47-20-10-12-22-49(47)54(52)56-51/h1-35H. The van der Waals surface area contributed by atoms with Crippen molar-refractivity contribution in [3.8, 4) is 33.4 Å². The van der Waals surface area contributed by atoms with E-state index < -0.39 is 0 Å². The summed E-state index contributed by atoms with van der Waals surface area (Å²) >= 11 is 0. The molecule has 0 aliphatic carbocycles. The third-order valence-electron chi connectivity index (χ3n) is 11.2. The van der Waals surface area contributed by atoms with Crippen LogP contribution in [0.15, 0.2) is 217 Å². The highest BCUT2D eigenvalue weighted by Gasteiger charge is 2.24. The monoisotopic (exact) mass is 713 g/mol. The van der Waals surface area contributed by atoms with Gasteiger partial charge in [0.15, 0.2) is 0 Å². The van der Waals surface area contributed by atoms with Crippen LogP contribution in [0.4, 0.5) is 17.1 Å². The zero-order chi connectivity index (χ0) is 37.0. The van der Waals surface area contributed by atoms with Crippen LogP contribution in [-0.4, -0.2) is 0 Å². The Labute approximate surface area is 325 Å². The van der Waals surface area contributed by atoms with Gasteiger partial charge in [-0.05, 0) is 103 Å². The van der Waals surface area contributed by atoms with Gasteiger partial charge in [0.25, 0.3) is 0 Å². The molecule has 0 unspecified atom stereocenters. The van der Waals surface area contributed by atoms with Crippen molar-refractivity contribution in [1.82, 2.24) is 0 Å². The van der Waals surface area contributed by atoms with E-state index >= 15 is 0 Å². The maximum absolute atomic E-state index is 7.11. The Morgan fingerprint density at radius 1 is 0.304 bits per heavy atom. The summed E-state index contributed by atoms with van der Waals surface area (Å²) in [7, 11) is 0. The fourth-order valence-corrected chi connectivity index (χ4v) is 8.51. The lowest BCUT2D eigenvalue weighted by atomic mass is 9.94. The molecule has 2 heteroatoms. The Bertz CT molecular complexity index is 3130. The van der Waals surface area contributed by atoms with Gasteiger partial charge in [-0.3, -0.25) is 0 Å². The number of nitrogens with zero attached hydrogens (tertiary/aromatic N) is 1. The highest BCUT2D eigenvalue weighted by Crippen LogP contribution is 2.49. The van der Waals surface area contributed by atoms with E-state index in [1.807, 2.05) is 0 Å². The van der Waals surface area contributed by atoms with Crippen molar-refractivity contribution in [1.29, 1.82) is 0 Å². The molecule has 11 aromatic rings. The van der Waals surface area contributed by atoms with Gasteiger partial charge in [-0.2, -0.15) is 0 Å². The molecule has 2 nitrogen and oxygen atoms in total. The summed E-state index contributed by atoms with van der Waals surface area (Å²) in [6.07, 6.45) is 0. The topological polar surface area (TPSA) is 16.4 Å². The van der Waals surface area contributed by atoms with Gasteiger partial charge in [-0.1, -0.05) is 170 Å². The van der Waals surface area contributed by atoms with E-state index in [9.17, 15) is 0 Å². The van der Waals surface area contributed by atoms with Crippen LogP contribution in [0, 0.1) is 0 Å². The lowest BCUT2D eigenvalue weighted by molar-refractivity contribution is 0.673. The van der Waals surface area contributed by atoms with E-state index in [1.54, 1.807) is 0 Å². The van der Waals surface area contributed by atoms with Crippen LogP contribution in [0.2, 0.25) is 0 Å². The van der Waals surface area contributed by atoms with Gasteiger partial charge < -0.3 is 9.32 Å². The summed E-state index contributed by atoms with van der Waals surface area (Å²) in [6.45, 7) is 0. The molecular weight excluding hydrogens is 679 g/mol. The molecule has 0 bridgehead atoms. The van der Waals surface area contributed by atoms with Gasteiger partial charge >= 0.3 is 0 Å². The Kier molecular flexibility index (Phi) is 7.53. The molecule has 1 aromatic heterocycles. The predicted octanol–water partition coefficient (Wildman–Crippen LogP) is 15.5. The third kappa shape index (κ3) is 5.34. The fraction of sp³-hybridized carbons (Fsp3) is 0. The van der Waals surface area contributed by atoms with Crippen molar-refractivity contribution in [2.75, 3.05) is 4.90 Å². The SMILES string of the molecule is c1ccc(-c2ccc(N(c3ccc(-c4ccccc4)cc3)c3cc(-c4ccc5ccccc5c4)cc4oc5c6ccccc6c6ccccc6c5c34)cc2)cc1. The Morgan fingerprint density at radius 2 is 0.786 bits per heavy atom. The minimum atomic E-state index is 0.856. The molecule has 0 aliphatic heterocycles. The van der Waals surface area contributed by atoms with Crippen molar-refractivity contribution in [3.05, 3.63) is 212 Å². The van der Waals surface area contributed by atoms with E-state index in [0.29, 0.717) is 0 Å². The van der Waals surface area contributed by atoms with Crippen LogP contribution in [0.25, 0.3) is 87.6 Å². The number of benzene rings is 10. The van der Waals surface area contributed by atoms with Crippen LogP contribution in [-0.2, 0) is 0 Å². The second-order valence-corrected chi connectivity index (χ2v) is 14.5. The maximum atomic E-state index is 7.11. The normalized spacial score (nSPS) is 11.6. The average Bonchev–Trinajstić information content (AvgIpc) is 3.68. The summed E-state index contributed by atoms with van der Waals surface area (Å²) in [6, 6.07) is 76.4. The summed E-state index contributed by atoms with van der Waals surface area (Å²) < 4.78 is 7.11. The molecule has 262 valence electrons. The minimum absolute atomic E-state index is 0.856. The molecule has 10 aromatic carbocycles. The first-order chi connectivity index (χ1) is 27.8. The van der Waals surface area contributed by atoms with Gasteiger partial charge in [0.1, 0.15) is 11.2 Å². The first-order valence-electron chi connectivity index (χ1n) is 19.2. The lowest BCUT2D eigenvalue weighted by Gasteiger charge is -2.27. The van der Waals surface area contributed by atoms with E-state index in [1.165, 1.54) is 49.2 Å². The van der Waals surface area contributed by atoms with Gasteiger partial charge in [0.05, 0.1) is 11.1 Å². The lowest BCUT2D eigenvalue weighted by Crippen LogP contribution is -2.10. The Hall–Kier alpha value is -7.42. The van der Waals surface area contributed by atoms with Crippen molar-refractivity contribution >= 4 is 71.3 Å². The smallest absolute Gasteiger partial charge is 0.143 e. The van der Waals surface area contributed by atoms with Gasteiger partial charge in [-0.15, -0.1) is 0 Å². The first kappa shape index (κ1) is 32.0. The average molecular weight is 714 g/mol. The second-order valence-electron chi connectivity index (χ2n) is 14.5. The summed E-state index contributed by atoms with van der Waals surface area (Å²) in [4.78, 5) is 2.41. The van der Waals surface area contributed by atoms with Crippen LogP contribution in [0.5, 0.6) is 0 Å². The molecule has 0 fully saturated rings. The van der Waals surface area contributed by atoms with E-state index in [0.717, 1.165) is 55.5 Å². The number of hydrogen-bond donors (Lipinski definition) is 0. The summed E-state index contributed by atoms with van der Waals surface area (Å²) in [5.74, 6) is 0. The second kappa shape index (κ2) is 13.2. The minimum Gasteiger partial charge on any atom is -0.455 e. The van der Waals surface area contributed by atoms with Crippen LogP contribution in [0.1, 0.15) is 0 Å². The third-order valence-corrected chi connectivity index (χ3v) is 11.2. The highest BCUT2D eigenvalue weighted by atomic mass is 16.3.